The van der Waals surface area contributed by atoms with Crippen molar-refractivity contribution in [3.63, 3.8) is 0 Å². The Bertz CT molecular complexity index is 1530. The predicted octanol–water partition coefficient (Wildman–Crippen LogP) is 7.88. The molecular formula is C32H33Cl2F3N4O. The number of benzene rings is 3. The van der Waals surface area contributed by atoms with E-state index >= 15 is 0 Å². The zero-order chi connectivity index (χ0) is 29.4. The summed E-state index contributed by atoms with van der Waals surface area (Å²) in [7, 11) is 0. The molecule has 0 amide bonds. The maximum absolute atomic E-state index is 12.7. The van der Waals surface area contributed by atoms with Crippen molar-refractivity contribution < 1.29 is 17.9 Å². The first kappa shape index (κ1) is 29.3. The summed E-state index contributed by atoms with van der Waals surface area (Å²) in [6.45, 7) is 5.23. The zero-order valence-corrected chi connectivity index (χ0v) is 24.6. The van der Waals surface area contributed by atoms with Gasteiger partial charge in [-0.1, -0.05) is 47.5 Å². The van der Waals surface area contributed by atoms with Gasteiger partial charge < -0.3 is 15.0 Å². The number of ether oxygens (including phenoxy) is 1. The molecule has 6 rings (SSSR count). The van der Waals surface area contributed by atoms with Gasteiger partial charge in [0.05, 0.1) is 0 Å². The van der Waals surface area contributed by atoms with Gasteiger partial charge in [0.15, 0.2) is 0 Å². The highest BCUT2D eigenvalue weighted by Gasteiger charge is 2.31. The van der Waals surface area contributed by atoms with Gasteiger partial charge in [-0.25, -0.2) is 0 Å². The van der Waals surface area contributed by atoms with Crippen LogP contribution in [-0.4, -0.2) is 53.0 Å². The molecule has 1 saturated heterocycles. The van der Waals surface area contributed by atoms with E-state index in [4.69, 9.17) is 28.9 Å². The Morgan fingerprint density at radius 2 is 1.52 bits per heavy atom. The lowest BCUT2D eigenvalue weighted by molar-refractivity contribution is -0.274. The van der Waals surface area contributed by atoms with Crippen LogP contribution < -0.4 is 10.5 Å². The Morgan fingerprint density at radius 1 is 0.857 bits per heavy atom. The molecule has 1 aromatic heterocycles. The Morgan fingerprint density at radius 3 is 2.14 bits per heavy atom. The third-order valence-electron chi connectivity index (χ3n) is 8.45. The second-order valence-electron chi connectivity index (χ2n) is 11.4. The highest BCUT2D eigenvalue weighted by atomic mass is 35.5. The Kier molecular flexibility index (Phi) is 8.44. The molecule has 2 N–H and O–H groups in total. The molecule has 1 unspecified atom stereocenters. The molecule has 3 aromatic carbocycles. The maximum atomic E-state index is 12.7. The summed E-state index contributed by atoms with van der Waals surface area (Å²) in [5, 5.41) is 2.48. The van der Waals surface area contributed by atoms with Crippen molar-refractivity contribution in [2.45, 2.75) is 50.8 Å². The number of alkyl halides is 3. The molecule has 1 saturated carbocycles. The average Bonchev–Trinajstić information content (AvgIpc) is 3.55. The number of nitrogens with zero attached hydrogens (tertiary/aromatic N) is 3. The number of hydrogen-bond acceptors (Lipinski definition) is 4. The van der Waals surface area contributed by atoms with Crippen LogP contribution in [0.1, 0.15) is 36.4 Å². The molecule has 4 aromatic rings. The number of nitrogens with two attached hydrogens (primary N) is 1. The number of rotatable bonds is 7. The van der Waals surface area contributed by atoms with Crippen LogP contribution in [0.5, 0.6) is 5.75 Å². The van der Waals surface area contributed by atoms with Crippen molar-refractivity contribution in [1.29, 1.82) is 0 Å². The summed E-state index contributed by atoms with van der Waals surface area (Å²) in [6.07, 6.45) is 0.313. The topological polar surface area (TPSA) is 46.7 Å². The van der Waals surface area contributed by atoms with Crippen molar-refractivity contribution in [3.05, 3.63) is 88.0 Å². The predicted molar refractivity (Wildman–Crippen MR) is 162 cm³/mol. The number of halogens is 5. The van der Waals surface area contributed by atoms with Crippen LogP contribution in [0.2, 0.25) is 10.0 Å². The van der Waals surface area contributed by atoms with Crippen LogP contribution in [0.15, 0.2) is 66.9 Å². The lowest BCUT2D eigenvalue weighted by Gasteiger charge is -2.35. The van der Waals surface area contributed by atoms with Gasteiger partial charge in [-0.15, -0.1) is 13.2 Å². The minimum absolute atomic E-state index is 0.182. The van der Waals surface area contributed by atoms with E-state index in [0.717, 1.165) is 86.1 Å². The monoisotopic (exact) mass is 616 g/mol. The molecule has 0 radical (unpaired) electrons. The van der Waals surface area contributed by atoms with Crippen molar-refractivity contribution in [2.24, 2.45) is 5.73 Å². The first-order valence-electron chi connectivity index (χ1n) is 14.3. The Labute approximate surface area is 253 Å². The fourth-order valence-electron chi connectivity index (χ4n) is 6.28. The fourth-order valence-corrected chi connectivity index (χ4v) is 6.80. The lowest BCUT2D eigenvalue weighted by atomic mass is 10.0. The molecule has 1 aliphatic carbocycles. The summed E-state index contributed by atoms with van der Waals surface area (Å²) < 4.78 is 44.5. The third-order valence-corrected chi connectivity index (χ3v) is 9.16. The van der Waals surface area contributed by atoms with Crippen LogP contribution in [0.25, 0.3) is 22.0 Å². The minimum atomic E-state index is -4.72. The highest BCUT2D eigenvalue weighted by Crippen LogP contribution is 2.39. The first-order chi connectivity index (χ1) is 20.1. The Hall–Kier alpha value is -2.75. The summed E-state index contributed by atoms with van der Waals surface area (Å²) in [5.41, 5.74) is 11.4. The molecule has 2 heterocycles. The Balaban J connectivity index is 1.21. The van der Waals surface area contributed by atoms with Crippen LogP contribution in [0.3, 0.4) is 0 Å². The van der Waals surface area contributed by atoms with Gasteiger partial charge in [0, 0.05) is 89.6 Å². The quantitative estimate of drug-likeness (QED) is 0.229. The van der Waals surface area contributed by atoms with Crippen LogP contribution in [0.4, 0.5) is 13.2 Å². The SMILES string of the molecule is N[C@H]1CCC(n2cc(-c3ccc(OC(F)(F)F)cc3)c3cc(CN4CCN(Cc5c(Cl)cccc5Cl)CC4)ccc32)C1. The lowest BCUT2D eigenvalue weighted by Crippen LogP contribution is -2.45. The van der Waals surface area contributed by atoms with Crippen molar-refractivity contribution >= 4 is 34.1 Å². The van der Waals surface area contributed by atoms with Gasteiger partial charge >= 0.3 is 6.36 Å². The first-order valence-corrected chi connectivity index (χ1v) is 15.0. The molecule has 0 bridgehead atoms. The molecule has 0 spiro atoms. The van der Waals surface area contributed by atoms with E-state index in [1.54, 1.807) is 12.1 Å². The number of piperazine rings is 1. The van der Waals surface area contributed by atoms with E-state index in [1.165, 1.54) is 17.7 Å². The van der Waals surface area contributed by atoms with Gasteiger partial charge in [-0.2, -0.15) is 0 Å². The van der Waals surface area contributed by atoms with Crippen molar-refractivity contribution in [3.8, 4) is 16.9 Å². The minimum Gasteiger partial charge on any atom is -0.406 e. The second-order valence-corrected chi connectivity index (χ2v) is 12.2. The van der Waals surface area contributed by atoms with Gasteiger partial charge in [-0.05, 0) is 66.8 Å². The van der Waals surface area contributed by atoms with E-state index in [1.807, 2.05) is 18.2 Å². The third kappa shape index (κ3) is 6.58. The normalized spacial score (nSPS) is 20.4. The van der Waals surface area contributed by atoms with Crippen LogP contribution in [-0.2, 0) is 13.1 Å². The van der Waals surface area contributed by atoms with E-state index in [-0.39, 0.29) is 11.8 Å². The molecule has 222 valence electrons. The molecule has 42 heavy (non-hydrogen) atoms. The molecule has 2 aliphatic rings. The fraction of sp³-hybridized carbons (Fsp3) is 0.375. The molecule has 2 fully saturated rings. The average molecular weight is 618 g/mol. The van der Waals surface area contributed by atoms with E-state index in [2.05, 4.69) is 43.5 Å². The maximum Gasteiger partial charge on any atom is 0.573 e. The van der Waals surface area contributed by atoms with E-state index < -0.39 is 6.36 Å². The van der Waals surface area contributed by atoms with E-state index in [0.29, 0.717) is 16.1 Å². The van der Waals surface area contributed by atoms with Crippen molar-refractivity contribution in [1.82, 2.24) is 14.4 Å². The van der Waals surface area contributed by atoms with Crippen LogP contribution in [0, 0.1) is 0 Å². The highest BCUT2D eigenvalue weighted by molar-refractivity contribution is 6.35. The smallest absolute Gasteiger partial charge is 0.406 e. The number of aromatic nitrogens is 1. The van der Waals surface area contributed by atoms with Gasteiger partial charge in [0.25, 0.3) is 0 Å². The number of fused-ring (bicyclic) bond motifs is 1. The number of hydrogen-bond donors (Lipinski definition) is 1. The van der Waals surface area contributed by atoms with Crippen molar-refractivity contribution in [2.75, 3.05) is 26.2 Å². The largest absolute Gasteiger partial charge is 0.573 e. The van der Waals surface area contributed by atoms with Gasteiger partial charge in [-0.3, -0.25) is 9.80 Å². The molecule has 10 heteroatoms. The summed E-state index contributed by atoms with van der Waals surface area (Å²) in [4.78, 5) is 4.82. The zero-order valence-electron chi connectivity index (χ0n) is 23.1. The summed E-state index contributed by atoms with van der Waals surface area (Å²) in [6, 6.07) is 18.8. The second kappa shape index (κ2) is 12.1. The summed E-state index contributed by atoms with van der Waals surface area (Å²) in [5.74, 6) is -0.228. The molecular weight excluding hydrogens is 584 g/mol. The molecule has 2 atom stereocenters. The van der Waals surface area contributed by atoms with Crippen LogP contribution >= 0.6 is 23.2 Å². The van der Waals surface area contributed by atoms with Gasteiger partial charge in [0.2, 0.25) is 0 Å². The van der Waals surface area contributed by atoms with Gasteiger partial charge in [0.1, 0.15) is 5.75 Å². The molecule has 5 nitrogen and oxygen atoms in total. The summed E-state index contributed by atoms with van der Waals surface area (Å²) >= 11 is 12.8. The molecule has 1 aliphatic heterocycles. The standard InChI is InChI=1S/C32H33Cl2F3N4O/c33-29-2-1-3-30(34)28(29)19-40-14-12-39(13-15-40)18-21-4-11-31-26(16-21)27(20-41(31)24-8-7-23(38)17-24)22-5-9-25(10-6-22)42-32(35,36)37/h1-6,9-11,16,20,23-24H,7-8,12-15,17-19,38H2/t23-,24?/m0/s1. The van der Waals surface area contributed by atoms with E-state index in [9.17, 15) is 13.2 Å².